The fourth-order valence-electron chi connectivity index (χ4n) is 2.70. The SMILES string of the molecule is CCC1CCCCN1CC(=O)Nc1cc(F)ccc1F. The number of hydrogen-bond acceptors (Lipinski definition) is 2. The van der Waals surface area contributed by atoms with E-state index in [4.69, 9.17) is 0 Å². The Morgan fingerprint density at radius 3 is 2.95 bits per heavy atom. The van der Waals surface area contributed by atoms with Crippen molar-refractivity contribution in [3.05, 3.63) is 29.8 Å². The molecule has 1 heterocycles. The number of halogens is 2. The molecule has 3 nitrogen and oxygen atoms in total. The summed E-state index contributed by atoms with van der Waals surface area (Å²) in [5.74, 6) is -1.48. The van der Waals surface area contributed by atoms with Gasteiger partial charge in [-0.3, -0.25) is 9.69 Å². The maximum absolute atomic E-state index is 13.5. The molecule has 20 heavy (non-hydrogen) atoms. The Labute approximate surface area is 118 Å². The lowest BCUT2D eigenvalue weighted by molar-refractivity contribution is -0.118. The molecule has 1 aliphatic heterocycles. The van der Waals surface area contributed by atoms with Crippen LogP contribution in [-0.4, -0.2) is 29.9 Å². The standard InChI is InChI=1S/C15H20F2N2O/c1-2-12-5-3-4-8-19(12)10-15(20)18-14-9-11(16)6-7-13(14)17/h6-7,9,12H,2-5,8,10H2,1H3,(H,18,20). The van der Waals surface area contributed by atoms with Crippen LogP contribution in [0, 0.1) is 11.6 Å². The summed E-state index contributed by atoms with van der Waals surface area (Å²) >= 11 is 0. The Morgan fingerprint density at radius 1 is 1.40 bits per heavy atom. The maximum Gasteiger partial charge on any atom is 0.238 e. The second-order valence-corrected chi connectivity index (χ2v) is 5.20. The van der Waals surface area contributed by atoms with E-state index in [9.17, 15) is 13.6 Å². The molecule has 0 radical (unpaired) electrons. The molecule has 1 saturated heterocycles. The third-order valence-electron chi connectivity index (χ3n) is 3.77. The summed E-state index contributed by atoms with van der Waals surface area (Å²) in [6.07, 6.45) is 4.37. The highest BCUT2D eigenvalue weighted by atomic mass is 19.1. The van der Waals surface area contributed by atoms with Gasteiger partial charge in [-0.25, -0.2) is 8.78 Å². The van der Waals surface area contributed by atoms with Crippen molar-refractivity contribution in [3.63, 3.8) is 0 Å². The summed E-state index contributed by atoms with van der Waals surface area (Å²) in [5.41, 5.74) is -0.0972. The van der Waals surface area contributed by atoms with Crippen molar-refractivity contribution < 1.29 is 13.6 Å². The van der Waals surface area contributed by atoms with Gasteiger partial charge in [0.15, 0.2) is 0 Å². The van der Waals surface area contributed by atoms with Gasteiger partial charge < -0.3 is 5.32 Å². The first-order valence-corrected chi connectivity index (χ1v) is 7.09. The number of nitrogens with one attached hydrogen (secondary N) is 1. The number of amides is 1. The fourth-order valence-corrected chi connectivity index (χ4v) is 2.70. The molecule has 0 aromatic heterocycles. The molecule has 1 unspecified atom stereocenters. The molecule has 1 aliphatic rings. The maximum atomic E-state index is 13.5. The van der Waals surface area contributed by atoms with E-state index < -0.39 is 11.6 Å². The number of carbonyl (C=O) groups is 1. The lowest BCUT2D eigenvalue weighted by Gasteiger charge is -2.34. The second kappa shape index (κ2) is 6.79. The number of nitrogens with zero attached hydrogens (tertiary/aromatic N) is 1. The van der Waals surface area contributed by atoms with Crippen LogP contribution in [0.1, 0.15) is 32.6 Å². The molecule has 1 amide bonds. The van der Waals surface area contributed by atoms with Gasteiger partial charge in [0.25, 0.3) is 0 Å². The smallest absolute Gasteiger partial charge is 0.238 e. The first-order valence-electron chi connectivity index (χ1n) is 7.09. The zero-order valence-electron chi connectivity index (χ0n) is 11.7. The van der Waals surface area contributed by atoms with E-state index >= 15 is 0 Å². The Morgan fingerprint density at radius 2 is 2.20 bits per heavy atom. The van der Waals surface area contributed by atoms with Gasteiger partial charge in [0, 0.05) is 12.1 Å². The van der Waals surface area contributed by atoms with Crippen LogP contribution in [-0.2, 0) is 4.79 Å². The van der Waals surface area contributed by atoms with E-state index in [1.807, 2.05) is 0 Å². The molecule has 1 aromatic rings. The van der Waals surface area contributed by atoms with Crippen LogP contribution >= 0.6 is 0 Å². The van der Waals surface area contributed by atoms with E-state index in [0.29, 0.717) is 6.04 Å². The number of piperidine rings is 1. The highest BCUT2D eigenvalue weighted by Gasteiger charge is 2.23. The molecule has 1 fully saturated rings. The molecule has 0 bridgehead atoms. The Bertz CT molecular complexity index is 479. The largest absolute Gasteiger partial charge is 0.322 e. The van der Waals surface area contributed by atoms with Crippen molar-refractivity contribution >= 4 is 11.6 Å². The number of hydrogen-bond donors (Lipinski definition) is 1. The molecule has 2 rings (SSSR count). The number of benzene rings is 1. The van der Waals surface area contributed by atoms with Gasteiger partial charge in [0.1, 0.15) is 11.6 Å². The van der Waals surface area contributed by atoms with Crippen LogP contribution in [0.2, 0.25) is 0 Å². The average Bonchev–Trinajstić information content (AvgIpc) is 2.43. The first kappa shape index (κ1) is 14.9. The lowest BCUT2D eigenvalue weighted by Crippen LogP contribution is -2.43. The lowest BCUT2D eigenvalue weighted by atomic mass is 10.00. The van der Waals surface area contributed by atoms with Crippen LogP contribution in [0.25, 0.3) is 0 Å². The Balaban J connectivity index is 1.96. The molecular weight excluding hydrogens is 262 g/mol. The zero-order chi connectivity index (χ0) is 14.5. The van der Waals surface area contributed by atoms with E-state index in [1.165, 1.54) is 6.42 Å². The third-order valence-corrected chi connectivity index (χ3v) is 3.77. The van der Waals surface area contributed by atoms with Crippen molar-refractivity contribution in [1.82, 2.24) is 4.90 Å². The van der Waals surface area contributed by atoms with Crippen molar-refractivity contribution in [2.75, 3.05) is 18.4 Å². The van der Waals surface area contributed by atoms with Crippen molar-refractivity contribution in [1.29, 1.82) is 0 Å². The van der Waals surface area contributed by atoms with Crippen molar-refractivity contribution in [2.45, 2.75) is 38.6 Å². The molecule has 1 aromatic carbocycles. The van der Waals surface area contributed by atoms with E-state index in [0.717, 1.165) is 44.0 Å². The predicted molar refractivity (Wildman–Crippen MR) is 74.5 cm³/mol. The highest BCUT2D eigenvalue weighted by Crippen LogP contribution is 2.20. The van der Waals surface area contributed by atoms with Gasteiger partial charge in [-0.05, 0) is 37.9 Å². The van der Waals surface area contributed by atoms with Gasteiger partial charge in [0.05, 0.1) is 12.2 Å². The minimum Gasteiger partial charge on any atom is -0.322 e. The molecule has 1 N–H and O–H groups in total. The minimum atomic E-state index is -0.620. The molecule has 5 heteroatoms. The summed E-state index contributed by atoms with van der Waals surface area (Å²) in [7, 11) is 0. The summed E-state index contributed by atoms with van der Waals surface area (Å²) in [6.45, 7) is 3.22. The van der Waals surface area contributed by atoms with Gasteiger partial charge in [-0.15, -0.1) is 0 Å². The van der Waals surface area contributed by atoms with E-state index in [2.05, 4.69) is 17.1 Å². The zero-order valence-corrected chi connectivity index (χ0v) is 11.7. The molecule has 0 spiro atoms. The number of anilines is 1. The molecular formula is C15H20F2N2O. The van der Waals surface area contributed by atoms with Crippen molar-refractivity contribution in [3.8, 4) is 0 Å². The van der Waals surface area contributed by atoms with Gasteiger partial charge in [-0.2, -0.15) is 0 Å². The first-order chi connectivity index (χ1) is 9.60. The van der Waals surface area contributed by atoms with Gasteiger partial charge in [-0.1, -0.05) is 13.3 Å². The quantitative estimate of drug-likeness (QED) is 0.920. The Hall–Kier alpha value is -1.49. The molecule has 1 atom stereocenters. The summed E-state index contributed by atoms with van der Waals surface area (Å²) in [6, 6.07) is 3.45. The number of likely N-dealkylation sites (tertiary alicyclic amines) is 1. The summed E-state index contributed by atoms with van der Waals surface area (Å²) in [4.78, 5) is 14.1. The van der Waals surface area contributed by atoms with Crippen LogP contribution in [0.4, 0.5) is 14.5 Å². The second-order valence-electron chi connectivity index (χ2n) is 5.20. The Kier molecular flexibility index (Phi) is 5.06. The van der Waals surface area contributed by atoms with Crippen LogP contribution < -0.4 is 5.32 Å². The monoisotopic (exact) mass is 282 g/mol. The van der Waals surface area contributed by atoms with Crippen LogP contribution in [0.15, 0.2) is 18.2 Å². The normalized spacial score (nSPS) is 19.9. The van der Waals surface area contributed by atoms with Crippen molar-refractivity contribution in [2.24, 2.45) is 0 Å². The highest BCUT2D eigenvalue weighted by molar-refractivity contribution is 5.92. The summed E-state index contributed by atoms with van der Waals surface area (Å²) < 4.78 is 26.5. The predicted octanol–water partition coefficient (Wildman–Crippen LogP) is 3.17. The topological polar surface area (TPSA) is 32.3 Å². The number of rotatable bonds is 4. The fraction of sp³-hybridized carbons (Fsp3) is 0.533. The minimum absolute atomic E-state index is 0.0972. The van der Waals surface area contributed by atoms with Crippen LogP contribution in [0.5, 0.6) is 0 Å². The third kappa shape index (κ3) is 3.76. The summed E-state index contributed by atoms with van der Waals surface area (Å²) in [5, 5.41) is 2.45. The molecule has 0 saturated carbocycles. The van der Waals surface area contributed by atoms with Gasteiger partial charge in [0.2, 0.25) is 5.91 Å². The molecule has 110 valence electrons. The van der Waals surface area contributed by atoms with E-state index in [1.54, 1.807) is 0 Å². The molecule has 0 aliphatic carbocycles. The van der Waals surface area contributed by atoms with E-state index in [-0.39, 0.29) is 18.1 Å². The number of carbonyl (C=O) groups excluding carboxylic acids is 1. The average molecular weight is 282 g/mol. The van der Waals surface area contributed by atoms with Crippen LogP contribution in [0.3, 0.4) is 0 Å². The van der Waals surface area contributed by atoms with Gasteiger partial charge >= 0.3 is 0 Å².